The minimum Gasteiger partial charge on any atom is -0.383 e. The molecule has 0 radical (unpaired) electrons. The largest absolute Gasteiger partial charge is 0.383 e. The van der Waals surface area contributed by atoms with Crippen LogP contribution in [0.5, 0.6) is 0 Å². The summed E-state index contributed by atoms with van der Waals surface area (Å²) in [6.45, 7) is 4.42. The van der Waals surface area contributed by atoms with Crippen LogP contribution in [0.25, 0.3) is 0 Å². The highest BCUT2D eigenvalue weighted by Crippen LogP contribution is 2.22. The Hall–Kier alpha value is -0.300. The minimum atomic E-state index is -0.259. The normalized spacial score (nSPS) is 24.1. The van der Waals surface area contributed by atoms with Gasteiger partial charge in [-0.2, -0.15) is 11.8 Å². The summed E-state index contributed by atoms with van der Waals surface area (Å²) in [5, 5.41) is 0.610. The van der Waals surface area contributed by atoms with Crippen molar-refractivity contribution in [2.24, 2.45) is 5.84 Å². The number of rotatable bonds is 5. The molecule has 0 aromatic rings. The van der Waals surface area contributed by atoms with Gasteiger partial charge in [0.1, 0.15) is 6.04 Å². The summed E-state index contributed by atoms with van der Waals surface area (Å²) in [7, 11) is 1.60. The van der Waals surface area contributed by atoms with E-state index in [2.05, 4.69) is 17.2 Å². The van der Waals surface area contributed by atoms with Gasteiger partial charge < -0.3 is 4.74 Å². The lowest BCUT2D eigenvalue weighted by Crippen LogP contribution is -2.54. The van der Waals surface area contributed by atoms with Gasteiger partial charge >= 0.3 is 0 Å². The molecule has 0 spiro atoms. The zero-order valence-electron chi connectivity index (χ0n) is 9.94. The number of hydrazine groups is 1. The lowest BCUT2D eigenvalue weighted by molar-refractivity contribution is -0.128. The number of hydrogen-bond acceptors (Lipinski definition) is 5. The molecule has 0 aromatic carbocycles. The van der Waals surface area contributed by atoms with Gasteiger partial charge in [0.15, 0.2) is 0 Å². The molecular weight excluding hydrogens is 226 g/mol. The van der Waals surface area contributed by atoms with Gasteiger partial charge in [0.05, 0.1) is 6.61 Å². The number of nitrogens with one attached hydrogen (secondary N) is 1. The Balaban J connectivity index is 2.58. The van der Waals surface area contributed by atoms with Gasteiger partial charge in [0, 0.05) is 31.2 Å². The predicted molar refractivity (Wildman–Crippen MR) is 66.1 cm³/mol. The zero-order valence-corrected chi connectivity index (χ0v) is 10.8. The summed E-state index contributed by atoms with van der Waals surface area (Å²) in [6, 6.07) is -0.259. The second kappa shape index (κ2) is 7.11. The van der Waals surface area contributed by atoms with Gasteiger partial charge in [-0.05, 0) is 6.42 Å². The van der Waals surface area contributed by atoms with E-state index in [0.717, 1.165) is 25.3 Å². The van der Waals surface area contributed by atoms with E-state index < -0.39 is 0 Å². The highest BCUT2D eigenvalue weighted by molar-refractivity contribution is 8.00. The Morgan fingerprint density at radius 1 is 1.75 bits per heavy atom. The first kappa shape index (κ1) is 13.8. The van der Waals surface area contributed by atoms with Crippen LogP contribution < -0.4 is 11.3 Å². The number of nitrogens with zero attached hydrogens (tertiary/aromatic N) is 1. The molecule has 16 heavy (non-hydrogen) atoms. The summed E-state index contributed by atoms with van der Waals surface area (Å²) in [6.07, 6.45) is 1.13. The lowest BCUT2D eigenvalue weighted by Gasteiger charge is -2.36. The van der Waals surface area contributed by atoms with Gasteiger partial charge in [-0.1, -0.05) is 6.92 Å². The molecule has 1 aliphatic heterocycles. The Morgan fingerprint density at radius 3 is 3.06 bits per heavy atom. The van der Waals surface area contributed by atoms with Crippen LogP contribution in [0.3, 0.4) is 0 Å². The molecule has 94 valence electrons. The van der Waals surface area contributed by atoms with E-state index in [0.29, 0.717) is 11.9 Å². The molecule has 2 atom stereocenters. The van der Waals surface area contributed by atoms with Crippen LogP contribution in [0.15, 0.2) is 0 Å². The van der Waals surface area contributed by atoms with Crippen molar-refractivity contribution >= 4 is 17.7 Å². The molecule has 1 amide bonds. The average Bonchev–Trinajstić information content (AvgIpc) is 2.35. The SMILES string of the molecule is CCC1CN(C(COC)C(=O)NN)CCS1. The van der Waals surface area contributed by atoms with E-state index in [1.165, 1.54) is 0 Å². The first-order chi connectivity index (χ1) is 7.72. The molecule has 0 aromatic heterocycles. The maximum atomic E-state index is 11.6. The van der Waals surface area contributed by atoms with Crippen molar-refractivity contribution in [3.63, 3.8) is 0 Å². The molecule has 0 aliphatic carbocycles. The third-order valence-electron chi connectivity index (χ3n) is 2.84. The maximum Gasteiger partial charge on any atom is 0.253 e. The van der Waals surface area contributed by atoms with Gasteiger partial charge in [0.25, 0.3) is 5.91 Å². The van der Waals surface area contributed by atoms with Gasteiger partial charge in [0.2, 0.25) is 0 Å². The van der Waals surface area contributed by atoms with Crippen LogP contribution in [0.2, 0.25) is 0 Å². The second-order valence-electron chi connectivity index (χ2n) is 3.88. The lowest BCUT2D eigenvalue weighted by atomic mass is 10.2. The average molecular weight is 247 g/mol. The number of amides is 1. The Kier molecular flexibility index (Phi) is 6.12. The number of carbonyl (C=O) groups excluding carboxylic acids is 1. The quantitative estimate of drug-likeness (QED) is 0.401. The second-order valence-corrected chi connectivity index (χ2v) is 5.28. The number of nitrogens with two attached hydrogens (primary N) is 1. The number of methoxy groups -OCH3 is 1. The topological polar surface area (TPSA) is 67.6 Å². The standard InChI is InChI=1S/C10H21N3O2S/c1-3-8-6-13(4-5-16-8)9(7-15-2)10(14)12-11/h8-9H,3-7,11H2,1-2H3,(H,12,14). The van der Waals surface area contributed by atoms with Crippen molar-refractivity contribution < 1.29 is 9.53 Å². The third kappa shape index (κ3) is 3.62. The van der Waals surface area contributed by atoms with E-state index in [-0.39, 0.29) is 11.9 Å². The fourth-order valence-electron chi connectivity index (χ4n) is 1.87. The molecule has 2 unspecified atom stereocenters. The molecule has 5 nitrogen and oxygen atoms in total. The van der Waals surface area contributed by atoms with Crippen molar-refractivity contribution in [3.05, 3.63) is 0 Å². The summed E-state index contributed by atoms with van der Waals surface area (Å²) >= 11 is 1.98. The fourth-order valence-corrected chi connectivity index (χ4v) is 3.08. The van der Waals surface area contributed by atoms with E-state index >= 15 is 0 Å². The number of hydrogen-bond donors (Lipinski definition) is 2. The van der Waals surface area contributed by atoms with Crippen LogP contribution in [0.4, 0.5) is 0 Å². The third-order valence-corrected chi connectivity index (χ3v) is 4.21. The molecular formula is C10H21N3O2S. The monoisotopic (exact) mass is 247 g/mol. The van der Waals surface area contributed by atoms with Crippen LogP contribution in [-0.2, 0) is 9.53 Å². The molecule has 1 fully saturated rings. The molecule has 1 rings (SSSR count). The molecule has 1 heterocycles. The smallest absolute Gasteiger partial charge is 0.253 e. The van der Waals surface area contributed by atoms with Crippen molar-refractivity contribution in [2.45, 2.75) is 24.6 Å². The summed E-state index contributed by atoms with van der Waals surface area (Å²) in [5.41, 5.74) is 2.21. The molecule has 3 N–H and O–H groups in total. The van der Waals surface area contributed by atoms with E-state index in [9.17, 15) is 4.79 Å². The highest BCUT2D eigenvalue weighted by Gasteiger charge is 2.29. The van der Waals surface area contributed by atoms with E-state index in [4.69, 9.17) is 10.6 Å². The van der Waals surface area contributed by atoms with E-state index in [1.54, 1.807) is 7.11 Å². The number of thioether (sulfide) groups is 1. The first-order valence-electron chi connectivity index (χ1n) is 5.58. The maximum absolute atomic E-state index is 11.6. The van der Waals surface area contributed by atoms with Crippen LogP contribution in [0.1, 0.15) is 13.3 Å². The van der Waals surface area contributed by atoms with Crippen LogP contribution >= 0.6 is 11.8 Å². The Labute approximate surface area is 101 Å². The van der Waals surface area contributed by atoms with Crippen LogP contribution in [0, 0.1) is 0 Å². The molecule has 0 saturated carbocycles. The summed E-state index contributed by atoms with van der Waals surface area (Å²) in [5.74, 6) is 6.09. The zero-order chi connectivity index (χ0) is 12.0. The highest BCUT2D eigenvalue weighted by atomic mass is 32.2. The van der Waals surface area contributed by atoms with Crippen molar-refractivity contribution in [1.29, 1.82) is 0 Å². The van der Waals surface area contributed by atoms with Crippen molar-refractivity contribution in [3.8, 4) is 0 Å². The number of carbonyl (C=O) groups is 1. The molecule has 1 saturated heterocycles. The summed E-state index contributed by atoms with van der Waals surface area (Å²) < 4.78 is 5.08. The number of ether oxygens (including phenoxy) is 1. The molecule has 6 heteroatoms. The van der Waals surface area contributed by atoms with Crippen molar-refractivity contribution in [2.75, 3.05) is 32.6 Å². The van der Waals surface area contributed by atoms with E-state index in [1.807, 2.05) is 11.8 Å². The predicted octanol–water partition coefficient (Wildman–Crippen LogP) is -0.181. The molecule has 0 bridgehead atoms. The fraction of sp³-hybridized carbons (Fsp3) is 0.900. The molecule has 1 aliphatic rings. The van der Waals surface area contributed by atoms with Gasteiger partial charge in [-0.3, -0.25) is 15.1 Å². The van der Waals surface area contributed by atoms with Crippen LogP contribution in [-0.4, -0.2) is 54.7 Å². The van der Waals surface area contributed by atoms with Gasteiger partial charge in [-0.15, -0.1) is 0 Å². The minimum absolute atomic E-state index is 0.163. The summed E-state index contributed by atoms with van der Waals surface area (Å²) in [4.78, 5) is 13.8. The Bertz CT molecular complexity index is 228. The van der Waals surface area contributed by atoms with Crippen molar-refractivity contribution in [1.82, 2.24) is 10.3 Å². The first-order valence-corrected chi connectivity index (χ1v) is 6.62. The Morgan fingerprint density at radius 2 is 2.50 bits per heavy atom. The van der Waals surface area contributed by atoms with Gasteiger partial charge in [-0.25, -0.2) is 5.84 Å².